The quantitative estimate of drug-likeness (QED) is 0.664. The number of rotatable bonds is 2. The molecule has 3 aromatic rings. The van der Waals surface area contributed by atoms with E-state index in [0.29, 0.717) is 33.2 Å². The van der Waals surface area contributed by atoms with Gasteiger partial charge in [-0.1, -0.05) is 11.6 Å². The van der Waals surface area contributed by atoms with Crippen molar-refractivity contribution in [3.05, 3.63) is 33.8 Å². The van der Waals surface area contributed by atoms with Gasteiger partial charge in [-0.15, -0.1) is 0 Å². The van der Waals surface area contributed by atoms with Crippen LogP contribution in [0, 0.1) is 5.41 Å². The Morgan fingerprint density at radius 2 is 2.11 bits per heavy atom. The summed E-state index contributed by atoms with van der Waals surface area (Å²) in [6.07, 6.45) is 4.85. The molecule has 2 aliphatic heterocycles. The summed E-state index contributed by atoms with van der Waals surface area (Å²) in [5.41, 5.74) is 1.95. The normalized spacial score (nSPS) is 19.0. The molecular formula is C19H21ClN6O2. The molecule has 146 valence electrons. The highest BCUT2D eigenvalue weighted by molar-refractivity contribution is 6.29. The number of anilines is 1. The van der Waals surface area contributed by atoms with Gasteiger partial charge in [0.2, 0.25) is 5.95 Å². The van der Waals surface area contributed by atoms with Crippen molar-refractivity contribution in [2.75, 3.05) is 31.2 Å². The molecule has 0 aliphatic carbocycles. The standard InChI is InChI=1S/C19H21ClN6O2/c1-25-17(27)14-15(12-2-6-21-13(20)10-12)23-24-16(14)22-18(25)26-7-3-19(4-8-26)5-9-28-11-19/h2,6,10H,3-5,7-9,11H2,1H3,(H,23,24). The van der Waals surface area contributed by atoms with E-state index in [1.54, 1.807) is 29.9 Å². The van der Waals surface area contributed by atoms with Crippen LogP contribution in [0.4, 0.5) is 5.95 Å². The fourth-order valence-corrected chi connectivity index (χ4v) is 4.49. The van der Waals surface area contributed by atoms with Gasteiger partial charge in [-0.25, -0.2) is 4.98 Å². The van der Waals surface area contributed by atoms with E-state index in [4.69, 9.17) is 21.3 Å². The van der Waals surface area contributed by atoms with E-state index in [0.717, 1.165) is 51.1 Å². The first-order chi connectivity index (χ1) is 13.6. The second-order valence-corrected chi connectivity index (χ2v) is 8.12. The van der Waals surface area contributed by atoms with Gasteiger partial charge in [-0.3, -0.25) is 14.5 Å². The van der Waals surface area contributed by atoms with Gasteiger partial charge in [0.15, 0.2) is 5.65 Å². The van der Waals surface area contributed by atoms with Crippen molar-refractivity contribution in [3.8, 4) is 11.3 Å². The molecule has 3 aromatic heterocycles. The summed E-state index contributed by atoms with van der Waals surface area (Å²) >= 11 is 6.00. The molecule has 0 amide bonds. The van der Waals surface area contributed by atoms with E-state index in [1.807, 2.05) is 0 Å². The lowest BCUT2D eigenvalue weighted by Gasteiger charge is -2.39. The Kier molecular flexibility index (Phi) is 4.13. The first-order valence-electron chi connectivity index (χ1n) is 9.46. The summed E-state index contributed by atoms with van der Waals surface area (Å²) in [5, 5.41) is 8.07. The largest absolute Gasteiger partial charge is 0.381 e. The zero-order valence-corrected chi connectivity index (χ0v) is 16.4. The van der Waals surface area contributed by atoms with Gasteiger partial charge in [0, 0.05) is 38.5 Å². The second-order valence-electron chi connectivity index (χ2n) is 7.73. The fourth-order valence-electron chi connectivity index (χ4n) is 4.32. The van der Waals surface area contributed by atoms with E-state index in [1.165, 1.54) is 0 Å². The van der Waals surface area contributed by atoms with Crippen LogP contribution in [0.3, 0.4) is 0 Å². The summed E-state index contributed by atoms with van der Waals surface area (Å²) in [6, 6.07) is 3.47. The molecule has 8 nitrogen and oxygen atoms in total. The van der Waals surface area contributed by atoms with Crippen molar-refractivity contribution < 1.29 is 4.74 Å². The first-order valence-corrected chi connectivity index (χ1v) is 9.84. The van der Waals surface area contributed by atoms with Gasteiger partial charge in [0.1, 0.15) is 16.2 Å². The van der Waals surface area contributed by atoms with Crippen LogP contribution in [0.25, 0.3) is 22.3 Å². The van der Waals surface area contributed by atoms with E-state index in [2.05, 4.69) is 20.1 Å². The molecule has 2 saturated heterocycles. The maximum Gasteiger partial charge on any atom is 0.266 e. The van der Waals surface area contributed by atoms with Gasteiger partial charge < -0.3 is 9.64 Å². The van der Waals surface area contributed by atoms with Crippen LogP contribution in [-0.2, 0) is 11.8 Å². The molecule has 2 aliphatic rings. The Hall–Kier alpha value is -2.45. The highest BCUT2D eigenvalue weighted by Gasteiger charge is 2.38. The van der Waals surface area contributed by atoms with Crippen molar-refractivity contribution in [1.29, 1.82) is 0 Å². The molecule has 5 rings (SSSR count). The van der Waals surface area contributed by atoms with E-state index < -0.39 is 0 Å². The number of pyridine rings is 1. The number of nitrogens with zero attached hydrogens (tertiary/aromatic N) is 5. The number of aromatic amines is 1. The molecule has 0 saturated carbocycles. The van der Waals surface area contributed by atoms with Crippen molar-refractivity contribution in [3.63, 3.8) is 0 Å². The van der Waals surface area contributed by atoms with Gasteiger partial charge in [-0.05, 0) is 36.8 Å². The van der Waals surface area contributed by atoms with Crippen LogP contribution in [0.5, 0.6) is 0 Å². The third-order valence-electron chi connectivity index (χ3n) is 6.07. The summed E-state index contributed by atoms with van der Waals surface area (Å²) in [4.78, 5) is 24.1. The SMILES string of the molecule is Cn1c(N2CCC3(CCOC3)CC2)nc2[nH]nc(-c3ccnc(Cl)c3)c2c1=O. The number of hydrogen-bond acceptors (Lipinski definition) is 6. The van der Waals surface area contributed by atoms with Crippen LogP contribution in [0.2, 0.25) is 5.15 Å². The van der Waals surface area contributed by atoms with Crippen LogP contribution in [0.15, 0.2) is 23.1 Å². The van der Waals surface area contributed by atoms with Gasteiger partial charge in [-0.2, -0.15) is 10.1 Å². The minimum Gasteiger partial charge on any atom is -0.381 e. The molecule has 28 heavy (non-hydrogen) atoms. The minimum absolute atomic E-state index is 0.124. The predicted molar refractivity (Wildman–Crippen MR) is 107 cm³/mol. The maximum atomic E-state index is 13.1. The maximum absolute atomic E-state index is 13.1. The molecule has 0 atom stereocenters. The Labute approximate surface area is 166 Å². The number of nitrogens with one attached hydrogen (secondary N) is 1. The van der Waals surface area contributed by atoms with Crippen LogP contribution >= 0.6 is 11.6 Å². The number of hydrogen-bond donors (Lipinski definition) is 1. The van der Waals surface area contributed by atoms with Crippen molar-refractivity contribution in [2.45, 2.75) is 19.3 Å². The highest BCUT2D eigenvalue weighted by Crippen LogP contribution is 2.39. The molecule has 1 N–H and O–H groups in total. The van der Waals surface area contributed by atoms with Crippen LogP contribution in [-0.4, -0.2) is 51.0 Å². The third-order valence-corrected chi connectivity index (χ3v) is 6.28. The lowest BCUT2D eigenvalue weighted by atomic mass is 9.78. The van der Waals surface area contributed by atoms with Gasteiger partial charge >= 0.3 is 0 Å². The van der Waals surface area contributed by atoms with E-state index >= 15 is 0 Å². The summed E-state index contributed by atoms with van der Waals surface area (Å²) in [7, 11) is 1.77. The second kappa shape index (κ2) is 6.56. The third kappa shape index (κ3) is 2.79. The van der Waals surface area contributed by atoms with Crippen molar-refractivity contribution in [1.82, 2.24) is 24.7 Å². The van der Waals surface area contributed by atoms with Gasteiger partial charge in [0.05, 0.1) is 6.61 Å². The Morgan fingerprint density at radius 1 is 1.29 bits per heavy atom. The van der Waals surface area contributed by atoms with Crippen molar-refractivity contribution in [2.24, 2.45) is 12.5 Å². The number of piperidine rings is 1. The van der Waals surface area contributed by atoms with E-state index in [9.17, 15) is 4.79 Å². The molecule has 2 fully saturated rings. The summed E-state index contributed by atoms with van der Waals surface area (Å²) in [6.45, 7) is 3.45. The average molecular weight is 401 g/mol. The lowest BCUT2D eigenvalue weighted by Crippen LogP contribution is -2.43. The number of ether oxygens (including phenoxy) is 1. The highest BCUT2D eigenvalue weighted by atomic mass is 35.5. The van der Waals surface area contributed by atoms with Crippen molar-refractivity contribution >= 4 is 28.6 Å². The zero-order valence-electron chi connectivity index (χ0n) is 15.6. The average Bonchev–Trinajstić information content (AvgIpc) is 3.33. The molecule has 9 heteroatoms. The van der Waals surface area contributed by atoms with Gasteiger partial charge in [0.25, 0.3) is 5.56 Å². The smallest absolute Gasteiger partial charge is 0.266 e. The van der Waals surface area contributed by atoms with E-state index in [-0.39, 0.29) is 5.56 Å². The Bertz CT molecular complexity index is 1090. The molecule has 0 aromatic carbocycles. The summed E-state index contributed by atoms with van der Waals surface area (Å²) in [5.74, 6) is 0.675. The number of halogens is 1. The number of aromatic nitrogens is 5. The fraction of sp³-hybridized carbons (Fsp3) is 0.474. The number of fused-ring (bicyclic) bond motifs is 1. The van der Waals surface area contributed by atoms with Crippen LogP contribution in [0.1, 0.15) is 19.3 Å². The van der Waals surface area contributed by atoms with Crippen LogP contribution < -0.4 is 10.5 Å². The topological polar surface area (TPSA) is 88.9 Å². The Balaban J connectivity index is 1.52. The zero-order chi connectivity index (χ0) is 19.3. The number of H-pyrrole nitrogens is 1. The summed E-state index contributed by atoms with van der Waals surface area (Å²) < 4.78 is 7.23. The molecule has 1 spiro atoms. The lowest BCUT2D eigenvalue weighted by molar-refractivity contribution is 0.133. The predicted octanol–water partition coefficient (Wildman–Crippen LogP) is 2.38. The monoisotopic (exact) mass is 400 g/mol. The first kappa shape index (κ1) is 17.6. The molecular weight excluding hydrogens is 380 g/mol. The molecule has 0 unspecified atom stereocenters. The Morgan fingerprint density at radius 3 is 2.82 bits per heavy atom. The minimum atomic E-state index is -0.124. The molecule has 5 heterocycles. The molecule has 0 bridgehead atoms. The molecule has 0 radical (unpaired) electrons.